The van der Waals surface area contributed by atoms with Gasteiger partial charge in [0.05, 0.1) is 13.2 Å². The van der Waals surface area contributed by atoms with Gasteiger partial charge in [-0.25, -0.2) is 4.79 Å². The first-order chi connectivity index (χ1) is 13.0. The molecule has 0 atom stereocenters. The summed E-state index contributed by atoms with van der Waals surface area (Å²) in [5.74, 6) is -1.93. The van der Waals surface area contributed by atoms with Crippen LogP contribution in [0.2, 0.25) is 0 Å². The number of hydrogen-bond acceptors (Lipinski definition) is 3. The molecule has 0 saturated carbocycles. The largest absolute Gasteiger partial charge is 0.478 e. The Kier molecular flexibility index (Phi) is 5.32. The van der Waals surface area contributed by atoms with Gasteiger partial charge in [-0.2, -0.15) is 0 Å². The van der Waals surface area contributed by atoms with Gasteiger partial charge < -0.3 is 14.6 Å². The lowest BCUT2D eigenvalue weighted by atomic mass is 9.62. The number of benzene rings is 1. The number of carbonyl (C=O) groups is 1. The first-order valence-electron chi connectivity index (χ1n) is 10.0. The summed E-state index contributed by atoms with van der Waals surface area (Å²) in [6.07, 6.45) is 7.12. The predicted octanol–water partition coefficient (Wildman–Crippen LogP) is 5.13. The Morgan fingerprint density at radius 3 is 2.07 bits per heavy atom. The minimum absolute atomic E-state index is 0.0932. The molecule has 28 heavy (non-hydrogen) atoms. The van der Waals surface area contributed by atoms with Gasteiger partial charge in [-0.3, -0.25) is 0 Å². The first kappa shape index (κ1) is 20.8. The fraction of sp³-hybridized carbons (Fsp3) is 0.542. The summed E-state index contributed by atoms with van der Waals surface area (Å²) in [5.41, 5.74) is 5.79. The van der Waals surface area contributed by atoms with Crippen molar-refractivity contribution >= 4 is 5.97 Å². The molecular formula is C24H32O4. The van der Waals surface area contributed by atoms with Crippen molar-refractivity contribution in [3.05, 3.63) is 58.2 Å². The summed E-state index contributed by atoms with van der Waals surface area (Å²) >= 11 is 0. The zero-order valence-corrected chi connectivity index (χ0v) is 17.9. The van der Waals surface area contributed by atoms with Crippen molar-refractivity contribution in [1.29, 1.82) is 0 Å². The minimum Gasteiger partial charge on any atom is -0.478 e. The van der Waals surface area contributed by atoms with Gasteiger partial charge in [-0.05, 0) is 71.9 Å². The monoisotopic (exact) mass is 384 g/mol. The molecule has 1 aromatic carbocycles. The number of aryl methyl sites for hydroxylation is 1. The molecule has 2 aliphatic rings. The lowest BCUT2D eigenvalue weighted by Gasteiger charge is -2.43. The van der Waals surface area contributed by atoms with Crippen molar-refractivity contribution in [2.45, 2.75) is 71.0 Å². The Balaban J connectivity index is 2.13. The van der Waals surface area contributed by atoms with Crippen LogP contribution in [-0.2, 0) is 30.9 Å². The molecule has 4 heteroatoms. The first-order valence-corrected chi connectivity index (χ1v) is 10.0. The van der Waals surface area contributed by atoms with Crippen LogP contribution in [0.5, 0.6) is 0 Å². The van der Waals surface area contributed by atoms with Crippen molar-refractivity contribution in [2.75, 3.05) is 13.2 Å². The highest BCUT2D eigenvalue weighted by Crippen LogP contribution is 2.48. The number of rotatable bonds is 4. The number of ether oxygens (including phenoxy) is 2. The molecule has 1 N–H and O–H groups in total. The Morgan fingerprint density at radius 1 is 1.00 bits per heavy atom. The Labute approximate surface area is 168 Å². The standard InChI is InChI=1S/C24H32O4/c1-16(13-21(25)26)7-8-24(27-11-12-28-24)18-15-20-19(14-17(18)2)22(3,4)9-10-23(20,5)6/h7-8,13-15H,9-12H2,1-6H3,(H,25,26)/b8-7+,16-13+. The summed E-state index contributed by atoms with van der Waals surface area (Å²) in [6, 6.07) is 4.56. The van der Waals surface area contributed by atoms with E-state index in [2.05, 4.69) is 46.8 Å². The van der Waals surface area contributed by atoms with E-state index >= 15 is 0 Å². The lowest BCUT2D eigenvalue weighted by molar-refractivity contribution is -0.131. The maximum Gasteiger partial charge on any atom is 0.328 e. The van der Waals surface area contributed by atoms with Crippen molar-refractivity contribution in [3.63, 3.8) is 0 Å². The van der Waals surface area contributed by atoms with Crippen LogP contribution < -0.4 is 0 Å². The van der Waals surface area contributed by atoms with Gasteiger partial charge in [-0.15, -0.1) is 0 Å². The van der Waals surface area contributed by atoms with E-state index in [9.17, 15) is 4.79 Å². The molecule has 0 bridgehead atoms. The zero-order valence-electron chi connectivity index (χ0n) is 17.9. The van der Waals surface area contributed by atoms with Crippen molar-refractivity contribution in [2.24, 2.45) is 0 Å². The SMILES string of the molecule is CC(/C=C/C1(c2cc3c(cc2C)C(C)(C)CCC3(C)C)OCCO1)=C\C(=O)O. The van der Waals surface area contributed by atoms with Crippen LogP contribution in [0.15, 0.2) is 35.9 Å². The molecule has 0 unspecified atom stereocenters. The molecule has 1 aliphatic heterocycles. The van der Waals surface area contributed by atoms with Gasteiger partial charge in [0.2, 0.25) is 5.79 Å². The highest BCUT2D eigenvalue weighted by atomic mass is 16.7. The van der Waals surface area contributed by atoms with E-state index in [1.54, 1.807) is 13.0 Å². The maximum atomic E-state index is 10.9. The molecule has 152 valence electrons. The van der Waals surface area contributed by atoms with Crippen LogP contribution in [0, 0.1) is 6.92 Å². The molecule has 1 aliphatic carbocycles. The highest BCUT2D eigenvalue weighted by molar-refractivity contribution is 5.81. The summed E-state index contributed by atoms with van der Waals surface area (Å²) in [7, 11) is 0. The van der Waals surface area contributed by atoms with Gasteiger partial charge in [0.1, 0.15) is 0 Å². The van der Waals surface area contributed by atoms with Crippen molar-refractivity contribution < 1.29 is 19.4 Å². The second kappa shape index (κ2) is 7.16. The smallest absolute Gasteiger partial charge is 0.328 e. The molecule has 1 heterocycles. The zero-order chi connectivity index (χ0) is 20.7. The van der Waals surface area contributed by atoms with E-state index in [0.717, 1.165) is 17.5 Å². The minimum atomic E-state index is -0.968. The predicted molar refractivity (Wildman–Crippen MR) is 111 cm³/mol. The fourth-order valence-corrected chi connectivity index (χ4v) is 4.35. The average molecular weight is 385 g/mol. The number of fused-ring (bicyclic) bond motifs is 1. The summed E-state index contributed by atoms with van der Waals surface area (Å²) in [5, 5.41) is 8.97. The van der Waals surface area contributed by atoms with Gasteiger partial charge in [0.25, 0.3) is 0 Å². The van der Waals surface area contributed by atoms with E-state index in [-0.39, 0.29) is 10.8 Å². The number of carboxylic acid groups (broad SMARTS) is 1. The summed E-state index contributed by atoms with van der Waals surface area (Å²) < 4.78 is 12.2. The lowest BCUT2D eigenvalue weighted by Crippen LogP contribution is -2.35. The van der Waals surface area contributed by atoms with Crippen molar-refractivity contribution in [1.82, 2.24) is 0 Å². The fourth-order valence-electron chi connectivity index (χ4n) is 4.35. The molecular weight excluding hydrogens is 352 g/mol. The second-order valence-corrected chi connectivity index (χ2v) is 9.40. The van der Waals surface area contributed by atoms with E-state index in [0.29, 0.717) is 18.8 Å². The molecule has 0 radical (unpaired) electrons. The van der Waals surface area contributed by atoms with Crippen LogP contribution in [0.1, 0.15) is 69.7 Å². The molecule has 1 saturated heterocycles. The highest BCUT2D eigenvalue weighted by Gasteiger charge is 2.42. The van der Waals surface area contributed by atoms with E-state index < -0.39 is 11.8 Å². The number of carboxylic acids is 1. The van der Waals surface area contributed by atoms with E-state index in [1.807, 2.05) is 6.08 Å². The van der Waals surface area contributed by atoms with Gasteiger partial charge in [0, 0.05) is 11.6 Å². The molecule has 0 aromatic heterocycles. The topological polar surface area (TPSA) is 55.8 Å². The second-order valence-electron chi connectivity index (χ2n) is 9.40. The maximum absolute atomic E-state index is 10.9. The van der Waals surface area contributed by atoms with E-state index in [4.69, 9.17) is 14.6 Å². The van der Waals surface area contributed by atoms with Crippen LogP contribution in [0.4, 0.5) is 0 Å². The van der Waals surface area contributed by atoms with Crippen LogP contribution in [0.3, 0.4) is 0 Å². The molecule has 3 rings (SSSR count). The van der Waals surface area contributed by atoms with Gasteiger partial charge >= 0.3 is 5.97 Å². The third kappa shape index (κ3) is 3.81. The number of allylic oxidation sites excluding steroid dienone is 2. The van der Waals surface area contributed by atoms with E-state index in [1.165, 1.54) is 23.6 Å². The Bertz CT molecular complexity index is 836. The summed E-state index contributed by atoms with van der Waals surface area (Å²) in [4.78, 5) is 10.9. The third-order valence-corrected chi connectivity index (χ3v) is 6.21. The average Bonchev–Trinajstić information content (AvgIpc) is 3.06. The molecule has 0 amide bonds. The summed E-state index contributed by atoms with van der Waals surface area (Å²) in [6.45, 7) is 14.1. The van der Waals surface area contributed by atoms with Crippen LogP contribution in [0.25, 0.3) is 0 Å². The molecule has 1 fully saturated rings. The number of aliphatic carboxylic acids is 1. The molecule has 4 nitrogen and oxygen atoms in total. The Hall–Kier alpha value is -1.91. The Morgan fingerprint density at radius 2 is 1.54 bits per heavy atom. The van der Waals surface area contributed by atoms with Gasteiger partial charge in [-0.1, -0.05) is 39.8 Å². The third-order valence-electron chi connectivity index (χ3n) is 6.21. The van der Waals surface area contributed by atoms with Gasteiger partial charge in [0.15, 0.2) is 0 Å². The quantitative estimate of drug-likeness (QED) is 0.577. The number of hydrogen-bond donors (Lipinski definition) is 1. The van der Waals surface area contributed by atoms with Crippen LogP contribution >= 0.6 is 0 Å². The van der Waals surface area contributed by atoms with Crippen LogP contribution in [-0.4, -0.2) is 24.3 Å². The van der Waals surface area contributed by atoms with Crippen molar-refractivity contribution in [3.8, 4) is 0 Å². The normalized spacial score (nSPS) is 23.0. The molecule has 0 spiro atoms. The molecule has 1 aromatic rings.